The van der Waals surface area contributed by atoms with Gasteiger partial charge >= 0.3 is 0 Å². The summed E-state index contributed by atoms with van der Waals surface area (Å²) < 4.78 is 10.7. The molecule has 0 saturated carbocycles. The summed E-state index contributed by atoms with van der Waals surface area (Å²) in [6, 6.07) is 16.9. The molecule has 1 aromatic heterocycles. The molecule has 2 amide bonds. The summed E-state index contributed by atoms with van der Waals surface area (Å²) in [6.07, 6.45) is -0.281. The van der Waals surface area contributed by atoms with E-state index in [-0.39, 0.29) is 18.5 Å². The molecule has 0 aliphatic carbocycles. The predicted molar refractivity (Wildman–Crippen MR) is 126 cm³/mol. The number of para-hydroxylation sites is 1. The van der Waals surface area contributed by atoms with E-state index >= 15 is 0 Å². The van der Waals surface area contributed by atoms with E-state index in [1.807, 2.05) is 54.6 Å². The van der Waals surface area contributed by atoms with Crippen LogP contribution in [0.15, 0.2) is 65.3 Å². The molecule has 0 bridgehead atoms. The van der Waals surface area contributed by atoms with Crippen LogP contribution in [0.25, 0.3) is 0 Å². The molecular formula is C26H29N3O6. The molecule has 3 aromatic rings. The van der Waals surface area contributed by atoms with E-state index in [9.17, 15) is 19.8 Å². The molecule has 0 radical (unpaired) electrons. The average molecular weight is 480 g/mol. The fourth-order valence-corrected chi connectivity index (χ4v) is 4.32. The van der Waals surface area contributed by atoms with Crippen molar-refractivity contribution >= 4 is 11.8 Å². The van der Waals surface area contributed by atoms with Gasteiger partial charge in [-0.2, -0.15) is 0 Å². The van der Waals surface area contributed by atoms with Crippen LogP contribution < -0.4 is 10.1 Å². The van der Waals surface area contributed by atoms with Crippen molar-refractivity contribution in [2.24, 2.45) is 0 Å². The molecule has 184 valence electrons. The van der Waals surface area contributed by atoms with Gasteiger partial charge in [0.25, 0.3) is 11.8 Å². The van der Waals surface area contributed by atoms with E-state index in [0.29, 0.717) is 18.7 Å². The molecule has 35 heavy (non-hydrogen) atoms. The van der Waals surface area contributed by atoms with Gasteiger partial charge in [0.1, 0.15) is 12.0 Å². The molecule has 3 atom stereocenters. The van der Waals surface area contributed by atoms with Crippen LogP contribution in [0.3, 0.4) is 0 Å². The van der Waals surface area contributed by atoms with E-state index in [4.69, 9.17) is 9.15 Å². The lowest BCUT2D eigenvalue weighted by atomic mass is 10.0. The van der Waals surface area contributed by atoms with E-state index < -0.39 is 24.0 Å². The monoisotopic (exact) mass is 479 g/mol. The summed E-state index contributed by atoms with van der Waals surface area (Å²) in [5.74, 6) is -0.584. The first-order valence-corrected chi connectivity index (χ1v) is 11.5. The number of hydrogen-bond donors (Lipinski definition) is 3. The zero-order valence-electron chi connectivity index (χ0n) is 19.5. The Labute approximate surface area is 203 Å². The first kappa shape index (κ1) is 24.4. The number of nitrogens with zero attached hydrogens (tertiary/aromatic N) is 2. The van der Waals surface area contributed by atoms with Crippen molar-refractivity contribution in [1.82, 2.24) is 15.2 Å². The minimum atomic E-state index is -1.91. The lowest BCUT2D eigenvalue weighted by molar-refractivity contribution is -0.153. The molecule has 1 aliphatic rings. The quantitative estimate of drug-likeness (QED) is 0.429. The topological polar surface area (TPSA) is 125 Å². The number of aliphatic hydroxyl groups is 2. The van der Waals surface area contributed by atoms with Gasteiger partial charge in [-0.3, -0.25) is 9.59 Å². The second-order valence-electron chi connectivity index (χ2n) is 8.43. The summed E-state index contributed by atoms with van der Waals surface area (Å²) in [4.78, 5) is 31.2. The van der Waals surface area contributed by atoms with Gasteiger partial charge < -0.3 is 29.6 Å². The molecular weight excluding hydrogens is 450 g/mol. The van der Waals surface area contributed by atoms with Crippen molar-refractivity contribution in [3.63, 3.8) is 0 Å². The second-order valence-corrected chi connectivity index (χ2v) is 8.43. The third kappa shape index (κ3) is 5.70. The maximum absolute atomic E-state index is 12.9. The van der Waals surface area contributed by atoms with Crippen molar-refractivity contribution in [3.05, 3.63) is 83.6 Å². The lowest BCUT2D eigenvalue weighted by Gasteiger charge is -2.28. The number of benzene rings is 2. The Kier molecular flexibility index (Phi) is 7.79. The van der Waals surface area contributed by atoms with Gasteiger partial charge in [-0.05, 0) is 24.5 Å². The van der Waals surface area contributed by atoms with Crippen LogP contribution in [0, 0.1) is 0 Å². The van der Waals surface area contributed by atoms with Crippen LogP contribution in [-0.2, 0) is 22.6 Å². The summed E-state index contributed by atoms with van der Waals surface area (Å²) in [6.45, 7) is 0.355. The van der Waals surface area contributed by atoms with E-state index in [1.165, 1.54) is 11.2 Å². The van der Waals surface area contributed by atoms with Crippen LogP contribution >= 0.6 is 0 Å². The van der Waals surface area contributed by atoms with Crippen LogP contribution in [0.4, 0.5) is 0 Å². The van der Waals surface area contributed by atoms with Gasteiger partial charge in [-0.15, -0.1) is 0 Å². The molecule has 3 N–H and O–H groups in total. The number of carbonyl (C=O) groups is 2. The molecule has 4 rings (SSSR count). The average Bonchev–Trinajstić information content (AvgIpc) is 3.56. The Balaban J connectivity index is 1.32. The standard InChI is InChI=1S/C26H29N3O6/c1-34-21-12-6-5-10-18(21)14-19-16-35-22(28-19)15-27-25(32)23(30)24(31)26(33)29-13-7-11-20(29)17-8-3-2-4-9-17/h2-6,8-10,12,16,20,23-24,30-31H,7,11,13-15H2,1H3,(H,27,32)/t20?,23-,24-/m1/s1. The Hall–Kier alpha value is -3.69. The minimum Gasteiger partial charge on any atom is -0.496 e. The number of hydrogen-bond acceptors (Lipinski definition) is 7. The Bertz CT molecular complexity index is 1150. The van der Waals surface area contributed by atoms with Crippen LogP contribution in [0.1, 0.15) is 41.6 Å². The number of carbonyl (C=O) groups excluding carboxylic acids is 2. The highest BCUT2D eigenvalue weighted by molar-refractivity contribution is 5.91. The van der Waals surface area contributed by atoms with Gasteiger partial charge in [-0.25, -0.2) is 4.98 Å². The zero-order valence-corrected chi connectivity index (χ0v) is 19.5. The Morgan fingerprint density at radius 1 is 1.14 bits per heavy atom. The maximum atomic E-state index is 12.9. The molecule has 9 heteroatoms. The van der Waals surface area contributed by atoms with Crippen molar-refractivity contribution < 1.29 is 29.0 Å². The molecule has 9 nitrogen and oxygen atoms in total. The largest absolute Gasteiger partial charge is 0.496 e. The Morgan fingerprint density at radius 2 is 1.89 bits per heavy atom. The Morgan fingerprint density at radius 3 is 2.66 bits per heavy atom. The first-order valence-electron chi connectivity index (χ1n) is 11.5. The number of rotatable bonds is 9. The van der Waals surface area contributed by atoms with E-state index in [1.54, 1.807) is 7.11 Å². The molecule has 0 spiro atoms. The third-order valence-corrected chi connectivity index (χ3v) is 6.12. The number of likely N-dealkylation sites (tertiary alicyclic amines) is 1. The van der Waals surface area contributed by atoms with Crippen molar-refractivity contribution in [2.75, 3.05) is 13.7 Å². The second kappa shape index (κ2) is 11.2. The van der Waals surface area contributed by atoms with Crippen molar-refractivity contribution in [2.45, 2.75) is 44.1 Å². The van der Waals surface area contributed by atoms with Gasteiger partial charge in [0.2, 0.25) is 5.89 Å². The van der Waals surface area contributed by atoms with Gasteiger partial charge in [0.05, 0.1) is 25.4 Å². The molecule has 1 saturated heterocycles. The highest BCUT2D eigenvalue weighted by Gasteiger charge is 2.38. The fourth-order valence-electron chi connectivity index (χ4n) is 4.32. The molecule has 2 heterocycles. The van der Waals surface area contributed by atoms with Crippen molar-refractivity contribution in [1.29, 1.82) is 0 Å². The summed E-state index contributed by atoms with van der Waals surface area (Å²) in [5.41, 5.74) is 2.54. The van der Waals surface area contributed by atoms with Gasteiger partial charge in [-0.1, -0.05) is 48.5 Å². The summed E-state index contributed by atoms with van der Waals surface area (Å²) in [7, 11) is 1.60. The lowest BCUT2D eigenvalue weighted by Crippen LogP contribution is -2.50. The molecule has 1 unspecified atom stereocenters. The molecule has 1 aliphatic heterocycles. The maximum Gasteiger partial charge on any atom is 0.255 e. The number of methoxy groups -OCH3 is 1. The first-order chi connectivity index (χ1) is 17.0. The minimum absolute atomic E-state index is 0.0981. The number of nitrogens with one attached hydrogen (secondary N) is 1. The number of oxazole rings is 1. The number of ether oxygens (including phenoxy) is 1. The molecule has 1 fully saturated rings. The highest BCUT2D eigenvalue weighted by atomic mass is 16.5. The summed E-state index contributed by atoms with van der Waals surface area (Å²) in [5, 5.41) is 23.2. The number of amides is 2. The van der Waals surface area contributed by atoms with Crippen molar-refractivity contribution in [3.8, 4) is 5.75 Å². The fraction of sp³-hybridized carbons (Fsp3) is 0.346. The molecule has 2 aromatic carbocycles. The SMILES string of the molecule is COc1ccccc1Cc1coc(CNC(=O)[C@H](O)[C@@H](O)C(=O)N2CCCC2c2ccccc2)n1. The van der Waals surface area contributed by atoms with E-state index in [2.05, 4.69) is 10.3 Å². The highest BCUT2D eigenvalue weighted by Crippen LogP contribution is 2.32. The zero-order chi connectivity index (χ0) is 24.8. The van der Waals surface area contributed by atoms with Crippen LogP contribution in [0.2, 0.25) is 0 Å². The van der Waals surface area contributed by atoms with Gasteiger partial charge in [0, 0.05) is 18.5 Å². The van der Waals surface area contributed by atoms with Crippen LogP contribution in [0.5, 0.6) is 5.75 Å². The van der Waals surface area contributed by atoms with Crippen LogP contribution in [-0.4, -0.2) is 57.8 Å². The normalized spacial score (nSPS) is 17.1. The number of aliphatic hydroxyl groups excluding tert-OH is 2. The predicted octanol–water partition coefficient (Wildman–Crippen LogP) is 1.98. The van der Waals surface area contributed by atoms with E-state index in [0.717, 1.165) is 29.7 Å². The smallest absolute Gasteiger partial charge is 0.255 e. The summed E-state index contributed by atoms with van der Waals surface area (Å²) >= 11 is 0. The third-order valence-electron chi connectivity index (χ3n) is 6.12. The van der Waals surface area contributed by atoms with Gasteiger partial charge in [0.15, 0.2) is 12.2 Å². The number of aromatic nitrogens is 1.